The van der Waals surface area contributed by atoms with Gasteiger partial charge in [-0.3, -0.25) is 0 Å². The van der Waals surface area contributed by atoms with Crippen molar-refractivity contribution >= 4 is 27.4 Å². The molecule has 1 N–H and O–H groups in total. The number of hydrogen-bond acceptors (Lipinski definition) is 5. The Bertz CT molecular complexity index is 893. The topological polar surface area (TPSA) is 47.0 Å². The molecule has 5 heteroatoms. The van der Waals surface area contributed by atoms with E-state index in [1.165, 1.54) is 34.2 Å². The van der Waals surface area contributed by atoms with E-state index in [4.69, 9.17) is 4.74 Å². The van der Waals surface area contributed by atoms with Crippen LogP contribution < -0.4 is 5.32 Å². The van der Waals surface area contributed by atoms with Crippen LogP contribution in [0.25, 0.3) is 10.2 Å². The molecule has 0 amide bonds. The lowest BCUT2D eigenvalue weighted by Gasteiger charge is -2.31. The Morgan fingerprint density at radius 1 is 1.12 bits per heavy atom. The molecule has 3 heterocycles. The van der Waals surface area contributed by atoms with Gasteiger partial charge in [-0.1, -0.05) is 30.3 Å². The number of ether oxygens (including phenoxy) is 1. The van der Waals surface area contributed by atoms with Gasteiger partial charge in [0.05, 0.1) is 11.5 Å². The number of anilines is 1. The van der Waals surface area contributed by atoms with Crippen LogP contribution in [-0.2, 0) is 17.6 Å². The maximum Gasteiger partial charge on any atom is 0.138 e. The van der Waals surface area contributed by atoms with Crippen LogP contribution in [0.15, 0.2) is 36.7 Å². The maximum atomic E-state index is 6.01. The zero-order valence-corrected chi connectivity index (χ0v) is 14.9. The lowest BCUT2D eigenvalue weighted by Crippen LogP contribution is -2.30. The van der Waals surface area contributed by atoms with Gasteiger partial charge in [-0.25, -0.2) is 9.97 Å². The number of rotatable bonds is 3. The molecule has 1 aliphatic carbocycles. The van der Waals surface area contributed by atoms with E-state index in [0.29, 0.717) is 6.04 Å². The van der Waals surface area contributed by atoms with Crippen molar-refractivity contribution in [2.24, 2.45) is 0 Å². The summed E-state index contributed by atoms with van der Waals surface area (Å²) in [4.78, 5) is 11.7. The van der Waals surface area contributed by atoms with Gasteiger partial charge in [-0.05, 0) is 43.2 Å². The average molecular weight is 351 g/mol. The van der Waals surface area contributed by atoms with Crippen LogP contribution in [0.3, 0.4) is 0 Å². The van der Waals surface area contributed by atoms with Crippen LogP contribution in [0.2, 0.25) is 0 Å². The van der Waals surface area contributed by atoms with Gasteiger partial charge >= 0.3 is 0 Å². The van der Waals surface area contributed by atoms with Crippen molar-refractivity contribution in [3.63, 3.8) is 0 Å². The minimum Gasteiger partial charge on any atom is -0.373 e. The smallest absolute Gasteiger partial charge is 0.138 e. The van der Waals surface area contributed by atoms with E-state index in [9.17, 15) is 0 Å². The molecule has 2 aromatic heterocycles. The summed E-state index contributed by atoms with van der Waals surface area (Å²) < 4.78 is 6.01. The Morgan fingerprint density at radius 2 is 2.04 bits per heavy atom. The van der Waals surface area contributed by atoms with E-state index in [0.717, 1.165) is 36.5 Å². The number of nitrogens with zero attached hydrogens (tertiary/aromatic N) is 2. The third-order valence-corrected chi connectivity index (χ3v) is 6.50. The fraction of sp³-hybridized carbons (Fsp3) is 0.400. The molecule has 1 aliphatic heterocycles. The van der Waals surface area contributed by atoms with Crippen molar-refractivity contribution in [2.75, 3.05) is 11.9 Å². The molecule has 3 aromatic rings. The van der Waals surface area contributed by atoms with Gasteiger partial charge in [0.1, 0.15) is 17.0 Å². The third-order valence-electron chi connectivity index (χ3n) is 5.30. The number of fused-ring (bicyclic) bond motifs is 3. The molecule has 0 bridgehead atoms. The molecule has 4 nitrogen and oxygen atoms in total. The predicted molar refractivity (Wildman–Crippen MR) is 101 cm³/mol. The molecule has 1 saturated heterocycles. The molecule has 0 spiro atoms. The van der Waals surface area contributed by atoms with Crippen LogP contribution in [0, 0.1) is 0 Å². The van der Waals surface area contributed by atoms with Gasteiger partial charge < -0.3 is 10.1 Å². The SMILES string of the molecule is c1ccc(C2CC(Nc3ncnc4sc5c(c34)CCC5)CCO2)cc1. The average Bonchev–Trinajstić information content (AvgIpc) is 3.24. The number of thiophene rings is 1. The van der Waals surface area contributed by atoms with Gasteiger partial charge in [0, 0.05) is 17.5 Å². The lowest BCUT2D eigenvalue weighted by molar-refractivity contribution is 0.00976. The second-order valence-electron chi connectivity index (χ2n) is 6.90. The van der Waals surface area contributed by atoms with Crippen LogP contribution in [0.1, 0.15) is 41.4 Å². The Morgan fingerprint density at radius 3 is 2.96 bits per heavy atom. The Kier molecular flexibility index (Phi) is 3.91. The summed E-state index contributed by atoms with van der Waals surface area (Å²) in [6.45, 7) is 0.785. The number of benzene rings is 1. The fourth-order valence-electron chi connectivity index (χ4n) is 4.06. The summed E-state index contributed by atoms with van der Waals surface area (Å²) in [5.41, 5.74) is 2.74. The van der Waals surface area contributed by atoms with E-state index in [2.05, 4.69) is 45.6 Å². The highest BCUT2D eigenvalue weighted by Gasteiger charge is 2.26. The molecule has 2 unspecified atom stereocenters. The van der Waals surface area contributed by atoms with E-state index < -0.39 is 0 Å². The van der Waals surface area contributed by atoms with E-state index >= 15 is 0 Å². The number of aryl methyl sites for hydroxylation is 2. The van der Waals surface area contributed by atoms with Crippen LogP contribution in [0.5, 0.6) is 0 Å². The molecule has 1 aromatic carbocycles. The van der Waals surface area contributed by atoms with Crippen molar-refractivity contribution in [3.05, 3.63) is 52.7 Å². The van der Waals surface area contributed by atoms with E-state index in [1.54, 1.807) is 6.33 Å². The summed E-state index contributed by atoms with van der Waals surface area (Å²) in [5.74, 6) is 1.02. The summed E-state index contributed by atoms with van der Waals surface area (Å²) in [5, 5.41) is 4.98. The number of nitrogens with one attached hydrogen (secondary N) is 1. The third kappa shape index (κ3) is 2.81. The van der Waals surface area contributed by atoms with Gasteiger partial charge in [-0.2, -0.15) is 0 Å². The largest absolute Gasteiger partial charge is 0.373 e. The summed E-state index contributed by atoms with van der Waals surface area (Å²) >= 11 is 1.84. The van der Waals surface area contributed by atoms with Crippen molar-refractivity contribution in [2.45, 2.75) is 44.2 Å². The summed E-state index contributed by atoms with van der Waals surface area (Å²) in [6, 6.07) is 10.9. The van der Waals surface area contributed by atoms with Gasteiger partial charge in [0.15, 0.2) is 0 Å². The second kappa shape index (κ2) is 6.39. The Balaban J connectivity index is 1.41. The molecule has 1 fully saturated rings. The number of aromatic nitrogens is 2. The van der Waals surface area contributed by atoms with Crippen LogP contribution in [0.4, 0.5) is 5.82 Å². The Labute approximate surface area is 151 Å². The highest BCUT2D eigenvalue weighted by molar-refractivity contribution is 7.19. The number of hydrogen-bond donors (Lipinski definition) is 1. The highest BCUT2D eigenvalue weighted by atomic mass is 32.1. The molecule has 2 atom stereocenters. The molecule has 25 heavy (non-hydrogen) atoms. The lowest BCUT2D eigenvalue weighted by atomic mass is 9.97. The first kappa shape index (κ1) is 15.3. The quantitative estimate of drug-likeness (QED) is 0.754. The van der Waals surface area contributed by atoms with Gasteiger partial charge in [0.2, 0.25) is 0 Å². The van der Waals surface area contributed by atoms with Crippen molar-refractivity contribution in [3.8, 4) is 0 Å². The molecule has 0 radical (unpaired) electrons. The first-order chi connectivity index (χ1) is 12.4. The zero-order valence-electron chi connectivity index (χ0n) is 14.1. The van der Waals surface area contributed by atoms with Crippen LogP contribution >= 0.6 is 11.3 Å². The maximum absolute atomic E-state index is 6.01. The standard InChI is InChI=1S/C20H21N3OS/c1-2-5-13(6-3-1)16-11-14(9-10-24-16)23-19-18-15-7-4-8-17(15)25-20(18)22-12-21-19/h1-3,5-6,12,14,16H,4,7-11H2,(H,21,22,23). The normalized spacial score (nSPS) is 22.9. The van der Waals surface area contributed by atoms with Crippen LogP contribution in [-0.4, -0.2) is 22.6 Å². The minimum atomic E-state index is 0.165. The first-order valence-corrected chi connectivity index (χ1v) is 9.88. The minimum absolute atomic E-state index is 0.165. The zero-order chi connectivity index (χ0) is 16.6. The monoisotopic (exact) mass is 351 g/mol. The van der Waals surface area contributed by atoms with Gasteiger partial charge in [0.25, 0.3) is 0 Å². The van der Waals surface area contributed by atoms with Crippen molar-refractivity contribution in [1.82, 2.24) is 9.97 Å². The van der Waals surface area contributed by atoms with E-state index in [-0.39, 0.29) is 6.10 Å². The predicted octanol–water partition coefficient (Wildman–Crippen LogP) is 4.51. The first-order valence-electron chi connectivity index (χ1n) is 9.07. The molecule has 0 saturated carbocycles. The molecular formula is C20H21N3OS. The summed E-state index contributed by atoms with van der Waals surface area (Å²) in [7, 11) is 0. The highest BCUT2D eigenvalue weighted by Crippen LogP contribution is 2.40. The van der Waals surface area contributed by atoms with Crippen molar-refractivity contribution < 1.29 is 4.74 Å². The van der Waals surface area contributed by atoms with Crippen molar-refractivity contribution in [1.29, 1.82) is 0 Å². The molecule has 2 aliphatic rings. The summed E-state index contributed by atoms with van der Waals surface area (Å²) in [6.07, 6.45) is 7.48. The fourth-order valence-corrected chi connectivity index (χ4v) is 5.29. The molecule has 5 rings (SSSR count). The van der Waals surface area contributed by atoms with Gasteiger partial charge in [-0.15, -0.1) is 11.3 Å². The molecule has 128 valence electrons. The second-order valence-corrected chi connectivity index (χ2v) is 7.98. The van der Waals surface area contributed by atoms with E-state index in [1.807, 2.05) is 11.3 Å². The molecular weight excluding hydrogens is 330 g/mol. The Hall–Kier alpha value is -1.98.